The van der Waals surface area contributed by atoms with Gasteiger partial charge in [-0.25, -0.2) is 4.98 Å². The maximum absolute atomic E-state index is 5.90. The fourth-order valence-corrected chi connectivity index (χ4v) is 2.44. The van der Waals surface area contributed by atoms with Crippen molar-refractivity contribution in [3.05, 3.63) is 35.2 Å². The van der Waals surface area contributed by atoms with Gasteiger partial charge in [-0.2, -0.15) is 11.8 Å². The molecule has 0 aliphatic heterocycles. The summed E-state index contributed by atoms with van der Waals surface area (Å²) in [6.07, 6.45) is 3.87. The van der Waals surface area contributed by atoms with Crippen LogP contribution in [0, 0.1) is 0 Å². The molecule has 2 rings (SSSR count). The third-order valence-corrected chi connectivity index (χ3v) is 3.58. The van der Waals surface area contributed by atoms with Gasteiger partial charge in [-0.3, -0.25) is 0 Å². The zero-order valence-electron chi connectivity index (χ0n) is 9.06. The van der Waals surface area contributed by atoms with E-state index in [-0.39, 0.29) is 6.04 Å². The highest BCUT2D eigenvalue weighted by Crippen LogP contribution is 2.15. The lowest BCUT2D eigenvalue weighted by atomic mass is 10.4. The Morgan fingerprint density at radius 1 is 1.50 bits per heavy atom. The zero-order chi connectivity index (χ0) is 11.5. The second-order valence-electron chi connectivity index (χ2n) is 3.84. The predicted molar refractivity (Wildman–Crippen MR) is 70.0 cm³/mol. The molecule has 0 amide bonds. The number of hydrogen-bond donors (Lipinski definition) is 1. The molecule has 0 fully saturated rings. The first-order valence-electron chi connectivity index (χ1n) is 5.11. The molecule has 1 unspecified atom stereocenters. The fraction of sp³-hybridized carbons (Fsp3) is 0.364. The molecular weight excluding hydrogens is 242 g/mol. The molecule has 5 heteroatoms. The Hall–Kier alpha value is -0.710. The average molecular weight is 256 g/mol. The van der Waals surface area contributed by atoms with E-state index in [4.69, 9.17) is 17.3 Å². The van der Waals surface area contributed by atoms with Gasteiger partial charge >= 0.3 is 0 Å². The topological polar surface area (TPSA) is 43.3 Å². The number of nitrogens with two attached hydrogens (primary N) is 1. The Morgan fingerprint density at radius 3 is 3.06 bits per heavy atom. The number of halogens is 1. The van der Waals surface area contributed by atoms with Crippen molar-refractivity contribution in [3.63, 3.8) is 0 Å². The summed E-state index contributed by atoms with van der Waals surface area (Å²) in [6.45, 7) is 2.01. The summed E-state index contributed by atoms with van der Waals surface area (Å²) in [7, 11) is 0. The molecule has 16 heavy (non-hydrogen) atoms. The molecule has 0 spiro atoms. The molecule has 2 aromatic rings. The lowest BCUT2D eigenvalue weighted by Crippen LogP contribution is -2.17. The third kappa shape index (κ3) is 2.90. The highest BCUT2D eigenvalue weighted by molar-refractivity contribution is 7.98. The van der Waals surface area contributed by atoms with Crippen LogP contribution in [-0.2, 0) is 5.75 Å². The molecule has 0 saturated heterocycles. The van der Waals surface area contributed by atoms with Crippen LogP contribution in [0.1, 0.15) is 12.6 Å². The van der Waals surface area contributed by atoms with E-state index in [9.17, 15) is 0 Å². The minimum Gasteiger partial charge on any atom is -0.327 e. The molecule has 2 heterocycles. The van der Waals surface area contributed by atoms with Crippen molar-refractivity contribution in [2.45, 2.75) is 18.7 Å². The van der Waals surface area contributed by atoms with Crippen LogP contribution >= 0.6 is 23.4 Å². The van der Waals surface area contributed by atoms with E-state index >= 15 is 0 Å². The number of fused-ring (bicyclic) bond motifs is 1. The first-order chi connectivity index (χ1) is 7.65. The van der Waals surface area contributed by atoms with E-state index in [1.54, 1.807) is 11.8 Å². The van der Waals surface area contributed by atoms with Crippen LogP contribution in [0.2, 0.25) is 5.02 Å². The molecule has 1 atom stereocenters. The maximum Gasteiger partial charge on any atom is 0.137 e. The van der Waals surface area contributed by atoms with E-state index in [1.807, 2.05) is 35.9 Å². The monoisotopic (exact) mass is 255 g/mol. The summed E-state index contributed by atoms with van der Waals surface area (Å²) < 4.78 is 1.95. The van der Waals surface area contributed by atoms with Gasteiger partial charge in [0.2, 0.25) is 0 Å². The largest absolute Gasteiger partial charge is 0.327 e. The standard InChI is InChI=1S/C11H14ClN3S/c1-8(13)6-16-7-10-5-15-4-9(12)2-3-11(15)14-10/h2-5,8H,6-7,13H2,1H3. The zero-order valence-corrected chi connectivity index (χ0v) is 10.6. The van der Waals surface area contributed by atoms with Gasteiger partial charge in [0.1, 0.15) is 5.65 Å². The highest BCUT2D eigenvalue weighted by Gasteiger charge is 2.02. The van der Waals surface area contributed by atoms with Crippen LogP contribution in [-0.4, -0.2) is 21.2 Å². The number of nitrogens with zero attached hydrogens (tertiary/aromatic N) is 2. The Balaban J connectivity index is 2.08. The Bertz CT molecular complexity index is 481. The second-order valence-corrected chi connectivity index (χ2v) is 5.30. The SMILES string of the molecule is CC(N)CSCc1cn2cc(Cl)ccc2n1. The van der Waals surface area contributed by atoms with Gasteiger partial charge in [0.05, 0.1) is 10.7 Å². The minimum atomic E-state index is 0.233. The van der Waals surface area contributed by atoms with Gasteiger partial charge in [0.15, 0.2) is 0 Å². The molecule has 0 aromatic carbocycles. The van der Waals surface area contributed by atoms with Gasteiger partial charge < -0.3 is 10.1 Å². The number of rotatable bonds is 4. The van der Waals surface area contributed by atoms with Crippen LogP contribution in [0.3, 0.4) is 0 Å². The summed E-state index contributed by atoms with van der Waals surface area (Å²) in [5.41, 5.74) is 7.68. The number of hydrogen-bond acceptors (Lipinski definition) is 3. The number of aromatic nitrogens is 2. The molecule has 3 nitrogen and oxygen atoms in total. The number of imidazole rings is 1. The van der Waals surface area contributed by atoms with Crippen molar-refractivity contribution >= 4 is 29.0 Å². The molecule has 2 aromatic heterocycles. The van der Waals surface area contributed by atoms with Crippen molar-refractivity contribution in [1.29, 1.82) is 0 Å². The predicted octanol–water partition coefficient (Wildman–Crippen LogP) is 2.57. The van der Waals surface area contributed by atoms with Crippen LogP contribution in [0.15, 0.2) is 24.5 Å². The smallest absolute Gasteiger partial charge is 0.137 e. The summed E-state index contributed by atoms with van der Waals surface area (Å²) in [5.74, 6) is 1.84. The van der Waals surface area contributed by atoms with Gasteiger partial charge in [0, 0.05) is 29.9 Å². The summed E-state index contributed by atoms with van der Waals surface area (Å²) in [6, 6.07) is 4.00. The van der Waals surface area contributed by atoms with Crippen molar-refractivity contribution in [1.82, 2.24) is 9.38 Å². The van der Waals surface area contributed by atoms with E-state index < -0.39 is 0 Å². The first-order valence-corrected chi connectivity index (χ1v) is 6.65. The Morgan fingerprint density at radius 2 is 2.31 bits per heavy atom. The van der Waals surface area contributed by atoms with Gasteiger partial charge in [0.25, 0.3) is 0 Å². The van der Waals surface area contributed by atoms with E-state index in [1.165, 1.54) is 0 Å². The van der Waals surface area contributed by atoms with Gasteiger partial charge in [-0.05, 0) is 19.1 Å². The normalized spacial score (nSPS) is 13.2. The van der Waals surface area contributed by atoms with E-state index in [2.05, 4.69) is 4.98 Å². The molecule has 0 aliphatic carbocycles. The lowest BCUT2D eigenvalue weighted by molar-refractivity contribution is 0.847. The Kier molecular flexibility index (Phi) is 3.74. The molecule has 0 aliphatic rings. The van der Waals surface area contributed by atoms with E-state index in [0.717, 1.165) is 27.9 Å². The van der Waals surface area contributed by atoms with Crippen LogP contribution < -0.4 is 5.73 Å². The summed E-state index contributed by atoms with van der Waals surface area (Å²) in [5, 5.41) is 0.722. The van der Waals surface area contributed by atoms with Crippen LogP contribution in [0.5, 0.6) is 0 Å². The molecule has 86 valence electrons. The summed E-state index contributed by atoms with van der Waals surface area (Å²) in [4.78, 5) is 4.49. The van der Waals surface area contributed by atoms with Crippen LogP contribution in [0.25, 0.3) is 5.65 Å². The van der Waals surface area contributed by atoms with Crippen LogP contribution in [0.4, 0.5) is 0 Å². The van der Waals surface area contributed by atoms with Crippen molar-refractivity contribution < 1.29 is 0 Å². The maximum atomic E-state index is 5.90. The van der Waals surface area contributed by atoms with Gasteiger partial charge in [-0.15, -0.1) is 0 Å². The molecule has 2 N–H and O–H groups in total. The quantitative estimate of drug-likeness (QED) is 0.913. The van der Waals surface area contributed by atoms with E-state index in [0.29, 0.717) is 0 Å². The van der Waals surface area contributed by atoms with Gasteiger partial charge in [-0.1, -0.05) is 11.6 Å². The molecular formula is C11H14ClN3S. The average Bonchev–Trinajstić information content (AvgIpc) is 2.58. The molecule has 0 radical (unpaired) electrons. The first kappa shape index (κ1) is 11.8. The Labute approximate surface area is 104 Å². The molecule has 0 saturated carbocycles. The van der Waals surface area contributed by atoms with Crippen molar-refractivity contribution in [2.24, 2.45) is 5.73 Å². The van der Waals surface area contributed by atoms with Crippen molar-refractivity contribution in [3.8, 4) is 0 Å². The second kappa shape index (κ2) is 5.08. The lowest BCUT2D eigenvalue weighted by Gasteiger charge is -2.01. The van der Waals surface area contributed by atoms with Crippen molar-refractivity contribution in [2.75, 3.05) is 5.75 Å². The highest BCUT2D eigenvalue weighted by atomic mass is 35.5. The number of pyridine rings is 1. The fourth-order valence-electron chi connectivity index (χ4n) is 1.44. The minimum absolute atomic E-state index is 0.233. The third-order valence-electron chi connectivity index (χ3n) is 2.10. The molecule has 0 bridgehead atoms. The summed E-state index contributed by atoms with van der Waals surface area (Å²) >= 11 is 7.70. The number of thioether (sulfide) groups is 1.